The van der Waals surface area contributed by atoms with Gasteiger partial charge in [-0.2, -0.15) is 0 Å². The van der Waals surface area contributed by atoms with Gasteiger partial charge in [-0.25, -0.2) is 14.9 Å². The van der Waals surface area contributed by atoms with Crippen LogP contribution in [0.2, 0.25) is 10.0 Å². The van der Waals surface area contributed by atoms with E-state index in [1.807, 2.05) is 24.3 Å². The number of halogens is 2. The van der Waals surface area contributed by atoms with Crippen molar-refractivity contribution in [3.8, 4) is 5.75 Å². The molecule has 8 heteroatoms. The number of amides is 2. The van der Waals surface area contributed by atoms with Crippen LogP contribution in [-0.2, 0) is 9.59 Å². The Morgan fingerprint density at radius 1 is 0.897 bits per heavy atom. The molecule has 3 fully saturated rings. The van der Waals surface area contributed by atoms with E-state index in [-0.39, 0.29) is 17.9 Å². The summed E-state index contributed by atoms with van der Waals surface area (Å²) in [6, 6.07) is 11.9. The van der Waals surface area contributed by atoms with Gasteiger partial charge in [0.2, 0.25) is 5.91 Å². The number of carbonyl (C=O) groups is 2. The molecule has 3 heterocycles. The molecule has 5 rings (SSSR count). The zero-order valence-corrected chi connectivity index (χ0v) is 17.2. The van der Waals surface area contributed by atoms with Gasteiger partial charge in [0.1, 0.15) is 11.8 Å². The lowest BCUT2D eigenvalue weighted by atomic mass is 9.90. The molecule has 0 aromatic heterocycles. The summed E-state index contributed by atoms with van der Waals surface area (Å²) in [4.78, 5) is 28.1. The van der Waals surface area contributed by atoms with Crippen LogP contribution in [0.3, 0.4) is 0 Å². The first-order chi connectivity index (χ1) is 14.0. The lowest BCUT2D eigenvalue weighted by Gasteiger charge is -2.29. The minimum atomic E-state index is -0.494. The predicted octanol–water partition coefficient (Wildman–Crippen LogP) is 3.54. The maximum absolute atomic E-state index is 13.5. The number of ether oxygens (including phenoxy) is 1. The third-order valence-electron chi connectivity index (χ3n) is 6.02. The summed E-state index contributed by atoms with van der Waals surface area (Å²) in [5, 5.41) is 4.95. The van der Waals surface area contributed by atoms with E-state index in [4.69, 9.17) is 27.9 Å². The third kappa shape index (κ3) is 2.78. The van der Waals surface area contributed by atoms with E-state index in [1.54, 1.807) is 25.3 Å². The van der Waals surface area contributed by atoms with E-state index in [1.165, 1.54) is 4.90 Å². The second-order valence-electron chi connectivity index (χ2n) is 7.48. The summed E-state index contributed by atoms with van der Waals surface area (Å²) in [6.45, 7) is 1.60. The van der Waals surface area contributed by atoms with Crippen molar-refractivity contribution in [2.75, 3.05) is 25.1 Å². The highest BCUT2D eigenvalue weighted by atomic mass is 35.5. The van der Waals surface area contributed by atoms with Gasteiger partial charge < -0.3 is 4.74 Å². The van der Waals surface area contributed by atoms with Crippen LogP contribution < -0.4 is 9.64 Å². The predicted molar refractivity (Wildman–Crippen MR) is 110 cm³/mol. The number of hydrazine groups is 1. The average molecular weight is 432 g/mol. The van der Waals surface area contributed by atoms with Crippen LogP contribution in [0.5, 0.6) is 5.75 Å². The van der Waals surface area contributed by atoms with Crippen molar-refractivity contribution in [3.05, 3.63) is 58.1 Å². The fourth-order valence-corrected chi connectivity index (χ4v) is 5.09. The Labute approximate surface area is 178 Å². The van der Waals surface area contributed by atoms with E-state index in [2.05, 4.69) is 10.0 Å². The Hall–Kier alpha value is -2.12. The lowest BCUT2D eigenvalue weighted by molar-refractivity contribution is -0.126. The number of methoxy groups -OCH3 is 1. The molecule has 2 aromatic rings. The van der Waals surface area contributed by atoms with E-state index >= 15 is 0 Å². The second kappa shape index (κ2) is 6.99. The van der Waals surface area contributed by atoms with E-state index in [9.17, 15) is 9.59 Å². The summed E-state index contributed by atoms with van der Waals surface area (Å²) < 4.78 is 5.26. The fraction of sp³-hybridized carbons (Fsp3) is 0.333. The molecule has 0 bridgehead atoms. The van der Waals surface area contributed by atoms with Crippen LogP contribution in [0, 0.1) is 5.92 Å². The monoisotopic (exact) mass is 431 g/mol. The van der Waals surface area contributed by atoms with Gasteiger partial charge in [-0.1, -0.05) is 35.3 Å². The molecule has 0 radical (unpaired) electrons. The maximum Gasteiger partial charge on any atom is 0.253 e. The summed E-state index contributed by atoms with van der Waals surface area (Å²) in [5.41, 5.74) is 1.46. The van der Waals surface area contributed by atoms with Crippen molar-refractivity contribution in [2.24, 2.45) is 5.92 Å². The maximum atomic E-state index is 13.5. The van der Waals surface area contributed by atoms with Gasteiger partial charge in [-0.3, -0.25) is 9.59 Å². The number of anilines is 1. The molecule has 0 N–H and O–H groups in total. The highest BCUT2D eigenvalue weighted by Gasteiger charge is 2.62. The van der Waals surface area contributed by atoms with Crippen molar-refractivity contribution in [3.63, 3.8) is 0 Å². The first-order valence-electron chi connectivity index (χ1n) is 9.51. The first kappa shape index (κ1) is 18.9. The standard InChI is InChI=1S/C21H19Cl2N3O3/c1-29-14-6-3-12(4-7-14)18-17-19(25-10-2-9-24(18)25)21(28)26(20(17)27)13-5-8-15(22)16(23)11-13/h3-8,11,17-19H,2,9-10H2,1H3/t17-,18-,19-/m0/s1. The van der Waals surface area contributed by atoms with Gasteiger partial charge in [-0.15, -0.1) is 0 Å². The largest absolute Gasteiger partial charge is 0.497 e. The SMILES string of the molecule is COc1ccc([C@H]2[C@@H]3C(=O)N(c4ccc(Cl)c(Cl)c4)C(=O)[C@H]3N3CCCN23)cc1. The van der Waals surface area contributed by atoms with Crippen LogP contribution in [0.1, 0.15) is 18.0 Å². The summed E-state index contributed by atoms with van der Waals surface area (Å²) in [7, 11) is 1.62. The number of nitrogens with zero attached hydrogens (tertiary/aromatic N) is 3. The Balaban J connectivity index is 1.56. The summed E-state index contributed by atoms with van der Waals surface area (Å²) >= 11 is 12.2. The van der Waals surface area contributed by atoms with Crippen LogP contribution in [0.25, 0.3) is 0 Å². The van der Waals surface area contributed by atoms with Gasteiger partial charge >= 0.3 is 0 Å². The average Bonchev–Trinajstić information content (AvgIpc) is 3.37. The number of fused-ring (bicyclic) bond motifs is 3. The number of carbonyl (C=O) groups excluding carboxylic acids is 2. The number of rotatable bonds is 3. The fourth-order valence-electron chi connectivity index (χ4n) is 4.79. The molecule has 3 saturated heterocycles. The molecule has 0 saturated carbocycles. The number of hydrogen-bond donors (Lipinski definition) is 0. The number of benzene rings is 2. The molecule has 0 unspecified atom stereocenters. The molecule has 0 spiro atoms. The zero-order chi connectivity index (χ0) is 20.3. The van der Waals surface area contributed by atoms with Crippen molar-refractivity contribution < 1.29 is 14.3 Å². The van der Waals surface area contributed by atoms with E-state index < -0.39 is 12.0 Å². The van der Waals surface area contributed by atoms with Gasteiger partial charge in [0, 0.05) is 13.1 Å². The first-order valence-corrected chi connectivity index (χ1v) is 10.3. The topological polar surface area (TPSA) is 53.1 Å². The van der Waals surface area contributed by atoms with Crippen molar-refractivity contribution in [1.29, 1.82) is 0 Å². The number of imide groups is 1. The van der Waals surface area contributed by atoms with E-state index in [0.717, 1.165) is 30.8 Å². The Kier molecular flexibility index (Phi) is 4.55. The molecular formula is C21H19Cl2N3O3. The van der Waals surface area contributed by atoms with E-state index in [0.29, 0.717) is 15.7 Å². The molecule has 0 aliphatic carbocycles. The third-order valence-corrected chi connectivity index (χ3v) is 6.76. The molecule has 3 aliphatic heterocycles. The molecule has 29 heavy (non-hydrogen) atoms. The molecule has 3 atom stereocenters. The number of hydrogen-bond acceptors (Lipinski definition) is 5. The lowest BCUT2D eigenvalue weighted by Crippen LogP contribution is -2.44. The Morgan fingerprint density at radius 2 is 1.59 bits per heavy atom. The van der Waals surface area contributed by atoms with Crippen LogP contribution in [0.4, 0.5) is 5.69 Å². The second-order valence-corrected chi connectivity index (χ2v) is 8.29. The molecular weight excluding hydrogens is 413 g/mol. The quantitative estimate of drug-likeness (QED) is 0.695. The summed E-state index contributed by atoms with van der Waals surface area (Å²) in [6.07, 6.45) is 0.962. The smallest absolute Gasteiger partial charge is 0.253 e. The molecule has 3 aliphatic rings. The van der Waals surface area contributed by atoms with Gasteiger partial charge in [-0.05, 0) is 42.3 Å². The van der Waals surface area contributed by atoms with Crippen molar-refractivity contribution in [1.82, 2.24) is 10.0 Å². The van der Waals surface area contributed by atoms with Gasteiger partial charge in [0.15, 0.2) is 0 Å². The molecule has 2 amide bonds. The molecule has 6 nitrogen and oxygen atoms in total. The van der Waals surface area contributed by atoms with Gasteiger partial charge in [0.05, 0.1) is 34.8 Å². The van der Waals surface area contributed by atoms with Crippen LogP contribution in [-0.4, -0.2) is 48.1 Å². The Morgan fingerprint density at radius 3 is 2.24 bits per heavy atom. The molecule has 150 valence electrons. The Bertz CT molecular complexity index is 997. The van der Waals surface area contributed by atoms with Crippen LogP contribution >= 0.6 is 23.2 Å². The zero-order valence-electron chi connectivity index (χ0n) is 15.7. The highest BCUT2D eigenvalue weighted by Crippen LogP contribution is 2.49. The summed E-state index contributed by atoms with van der Waals surface area (Å²) in [5.74, 6) is -0.117. The minimum Gasteiger partial charge on any atom is -0.497 e. The molecule has 2 aromatic carbocycles. The van der Waals surface area contributed by atoms with Gasteiger partial charge in [0.25, 0.3) is 5.91 Å². The highest BCUT2D eigenvalue weighted by molar-refractivity contribution is 6.42. The normalized spacial score (nSPS) is 26.9. The minimum absolute atomic E-state index is 0.183. The van der Waals surface area contributed by atoms with Crippen molar-refractivity contribution in [2.45, 2.75) is 18.5 Å². The van der Waals surface area contributed by atoms with Crippen molar-refractivity contribution >= 4 is 40.7 Å². The van der Waals surface area contributed by atoms with Crippen LogP contribution in [0.15, 0.2) is 42.5 Å².